The van der Waals surface area contributed by atoms with Crippen molar-refractivity contribution in [3.8, 4) is 6.07 Å². The van der Waals surface area contributed by atoms with Gasteiger partial charge in [0, 0.05) is 0 Å². The summed E-state index contributed by atoms with van der Waals surface area (Å²) in [5, 5.41) is 13.0. The van der Waals surface area contributed by atoms with Crippen LogP contribution in [0.15, 0.2) is 48.5 Å². The molecule has 1 aromatic heterocycles. The number of hydrogen-bond donors (Lipinski definition) is 2. The first-order chi connectivity index (χ1) is 12.1. The Kier molecular flexibility index (Phi) is 5.08. The smallest absolute Gasteiger partial charge is 0.282 e. The number of likely N-dealkylation sites (N-methyl/N-ethyl adjacent to an activating group) is 1. The number of rotatable bonds is 5. The Balaban J connectivity index is 1.68. The fourth-order valence-electron chi connectivity index (χ4n) is 2.54. The molecule has 0 fully saturated rings. The number of nitrogens with one attached hydrogen (secondary N) is 2. The van der Waals surface area contributed by atoms with E-state index < -0.39 is 0 Å². The normalized spacial score (nSPS) is 13.2. The molecule has 1 heterocycles. The molecule has 0 saturated heterocycles. The number of carbonyl (C=O) groups excluding carboxylic acids is 1. The van der Waals surface area contributed by atoms with Crippen molar-refractivity contribution in [3.05, 3.63) is 59.1 Å². The van der Waals surface area contributed by atoms with Crippen LogP contribution in [-0.2, 0) is 11.3 Å². The molecule has 3 aromatic rings. The van der Waals surface area contributed by atoms with Crippen molar-refractivity contribution in [2.75, 3.05) is 12.4 Å². The summed E-state index contributed by atoms with van der Waals surface area (Å²) in [6.45, 7) is 2.56. The lowest BCUT2D eigenvalue weighted by Crippen LogP contribution is -3.12. The number of anilines is 1. The number of carbonyl (C=O) groups is 1. The van der Waals surface area contributed by atoms with Crippen LogP contribution >= 0.6 is 11.3 Å². The minimum atomic E-state index is -0.265. The second kappa shape index (κ2) is 7.43. The second-order valence-electron chi connectivity index (χ2n) is 5.97. The zero-order valence-electron chi connectivity index (χ0n) is 14.1. The Bertz CT molecular complexity index is 911. The van der Waals surface area contributed by atoms with Gasteiger partial charge in [0.1, 0.15) is 17.6 Å². The average Bonchev–Trinajstić information content (AvgIpc) is 3.03. The summed E-state index contributed by atoms with van der Waals surface area (Å²) in [7, 11) is 1.98. The molecule has 1 amide bonds. The molecule has 0 saturated carbocycles. The predicted octanol–water partition coefficient (Wildman–Crippen LogP) is 2.21. The van der Waals surface area contributed by atoms with Crippen LogP contribution in [0.3, 0.4) is 0 Å². The Morgan fingerprint density at radius 3 is 2.76 bits per heavy atom. The monoisotopic (exact) mass is 351 g/mol. The minimum absolute atomic E-state index is 0.110. The highest BCUT2D eigenvalue weighted by atomic mass is 32.1. The van der Waals surface area contributed by atoms with Gasteiger partial charge in [0.2, 0.25) is 0 Å². The lowest BCUT2D eigenvalue weighted by molar-refractivity contribution is -0.907. The lowest BCUT2D eigenvalue weighted by Gasteiger charge is -2.20. The number of benzene rings is 2. The molecule has 126 valence electrons. The predicted molar refractivity (Wildman–Crippen MR) is 99.5 cm³/mol. The van der Waals surface area contributed by atoms with Crippen LogP contribution in [0, 0.1) is 11.3 Å². The largest absolute Gasteiger partial charge is 0.322 e. The molecule has 5 nitrogen and oxygen atoms in total. The third-order valence-electron chi connectivity index (χ3n) is 4.21. The number of amides is 1. The van der Waals surface area contributed by atoms with Crippen LogP contribution in [0.1, 0.15) is 17.5 Å². The van der Waals surface area contributed by atoms with Gasteiger partial charge < -0.3 is 10.2 Å². The zero-order chi connectivity index (χ0) is 17.8. The van der Waals surface area contributed by atoms with E-state index in [1.54, 1.807) is 35.6 Å². The summed E-state index contributed by atoms with van der Waals surface area (Å²) in [4.78, 5) is 18.2. The Morgan fingerprint density at radius 2 is 2.00 bits per heavy atom. The van der Waals surface area contributed by atoms with Crippen LogP contribution in [0.2, 0.25) is 0 Å². The van der Waals surface area contributed by atoms with Crippen LogP contribution in [0.5, 0.6) is 0 Å². The van der Waals surface area contributed by atoms with Crippen molar-refractivity contribution in [2.24, 2.45) is 0 Å². The molecule has 6 heteroatoms. The Morgan fingerprint density at radius 1 is 1.28 bits per heavy atom. The number of nitriles is 1. The van der Waals surface area contributed by atoms with Gasteiger partial charge in [-0.05, 0) is 31.2 Å². The number of quaternary nitrogens is 1. The second-order valence-corrected chi connectivity index (χ2v) is 7.08. The molecule has 0 aliphatic carbocycles. The van der Waals surface area contributed by atoms with Gasteiger partial charge in [-0.1, -0.05) is 24.3 Å². The summed E-state index contributed by atoms with van der Waals surface area (Å²) in [5.41, 5.74) is 2.01. The fraction of sp³-hybridized carbons (Fsp3) is 0.211. The van der Waals surface area contributed by atoms with Gasteiger partial charge in [-0.3, -0.25) is 4.79 Å². The highest BCUT2D eigenvalue weighted by Crippen LogP contribution is 2.20. The third-order valence-corrected chi connectivity index (χ3v) is 5.24. The molecule has 0 bridgehead atoms. The first-order valence-corrected chi connectivity index (χ1v) is 8.87. The Labute approximate surface area is 150 Å². The summed E-state index contributed by atoms with van der Waals surface area (Å²) < 4.78 is 1.16. The van der Waals surface area contributed by atoms with Crippen molar-refractivity contribution < 1.29 is 9.69 Å². The lowest BCUT2D eigenvalue weighted by atomic mass is 10.2. The molecule has 25 heavy (non-hydrogen) atoms. The van der Waals surface area contributed by atoms with Gasteiger partial charge in [-0.15, -0.1) is 11.3 Å². The Hall–Kier alpha value is -2.75. The maximum Gasteiger partial charge on any atom is 0.282 e. The van der Waals surface area contributed by atoms with Gasteiger partial charge in [-0.25, -0.2) is 4.98 Å². The SMILES string of the molecule is C[C@@H](C(=O)Nc1ccccc1C#N)[NH+](C)Cc1nc2ccccc2s1. The molecule has 1 unspecified atom stereocenters. The van der Waals surface area contributed by atoms with E-state index in [1.165, 1.54) is 0 Å². The number of hydrogen-bond acceptors (Lipinski definition) is 4. The van der Waals surface area contributed by atoms with Crippen molar-refractivity contribution in [1.29, 1.82) is 5.26 Å². The summed E-state index contributed by atoms with van der Waals surface area (Å²) in [6, 6.07) is 16.9. The van der Waals surface area contributed by atoms with Crippen LogP contribution in [0.25, 0.3) is 10.2 Å². The van der Waals surface area contributed by atoms with Gasteiger partial charge in [0.05, 0.1) is 28.5 Å². The van der Waals surface area contributed by atoms with Gasteiger partial charge in [-0.2, -0.15) is 5.26 Å². The van der Waals surface area contributed by atoms with Crippen LogP contribution < -0.4 is 10.2 Å². The van der Waals surface area contributed by atoms with E-state index in [-0.39, 0.29) is 11.9 Å². The van der Waals surface area contributed by atoms with Crippen molar-refractivity contribution in [3.63, 3.8) is 0 Å². The molecular formula is C19H19N4OS+. The average molecular weight is 351 g/mol. The molecular weight excluding hydrogens is 332 g/mol. The summed E-state index contributed by atoms with van der Waals surface area (Å²) in [5.74, 6) is -0.110. The van der Waals surface area contributed by atoms with Crippen molar-refractivity contribution >= 4 is 33.1 Å². The molecule has 2 N–H and O–H groups in total. The highest BCUT2D eigenvalue weighted by Gasteiger charge is 2.23. The summed E-state index contributed by atoms with van der Waals surface area (Å²) in [6.07, 6.45) is 0. The van der Waals surface area contributed by atoms with E-state index in [9.17, 15) is 4.79 Å². The minimum Gasteiger partial charge on any atom is -0.322 e. The molecule has 0 aliphatic heterocycles. The summed E-state index contributed by atoms with van der Waals surface area (Å²) >= 11 is 1.66. The quantitative estimate of drug-likeness (QED) is 0.740. The molecule has 3 rings (SSSR count). The van der Waals surface area contributed by atoms with E-state index >= 15 is 0 Å². The van der Waals surface area contributed by atoms with E-state index in [0.717, 1.165) is 20.1 Å². The van der Waals surface area contributed by atoms with E-state index in [4.69, 9.17) is 5.26 Å². The topological polar surface area (TPSA) is 70.2 Å². The van der Waals surface area contributed by atoms with E-state index in [1.807, 2.05) is 32.2 Å². The number of aromatic nitrogens is 1. The van der Waals surface area contributed by atoms with E-state index in [0.29, 0.717) is 17.8 Å². The van der Waals surface area contributed by atoms with Crippen LogP contribution in [0.4, 0.5) is 5.69 Å². The van der Waals surface area contributed by atoms with Gasteiger partial charge in [0.25, 0.3) is 5.91 Å². The standard InChI is InChI=1S/C19H18N4OS/c1-13(19(24)22-15-8-4-3-7-14(15)11-20)23(2)12-18-21-16-9-5-6-10-17(16)25-18/h3-10,13H,12H2,1-2H3,(H,22,24)/p+1/t13-/m0/s1. The highest BCUT2D eigenvalue weighted by molar-refractivity contribution is 7.18. The third kappa shape index (κ3) is 3.85. The van der Waals surface area contributed by atoms with Gasteiger partial charge >= 0.3 is 0 Å². The molecule has 0 aliphatic rings. The fourth-order valence-corrected chi connectivity index (χ4v) is 3.60. The maximum absolute atomic E-state index is 12.5. The molecule has 2 aromatic carbocycles. The van der Waals surface area contributed by atoms with Crippen LogP contribution in [-0.4, -0.2) is 24.0 Å². The first kappa shape index (κ1) is 17.1. The first-order valence-electron chi connectivity index (χ1n) is 8.05. The molecule has 0 radical (unpaired) electrons. The maximum atomic E-state index is 12.5. The van der Waals surface area contributed by atoms with Crippen molar-refractivity contribution in [1.82, 2.24) is 4.98 Å². The number of para-hydroxylation sites is 2. The number of nitrogens with zero attached hydrogens (tertiary/aromatic N) is 2. The number of fused-ring (bicyclic) bond motifs is 1. The number of thiazole rings is 1. The van der Waals surface area contributed by atoms with E-state index in [2.05, 4.69) is 22.4 Å². The molecule has 0 spiro atoms. The molecule has 2 atom stereocenters. The zero-order valence-corrected chi connectivity index (χ0v) is 14.9. The van der Waals surface area contributed by atoms with Gasteiger partial charge in [0.15, 0.2) is 6.04 Å². The van der Waals surface area contributed by atoms with Crippen molar-refractivity contribution in [2.45, 2.75) is 19.5 Å².